The maximum absolute atomic E-state index is 12.3. The van der Waals surface area contributed by atoms with Crippen molar-refractivity contribution in [2.75, 3.05) is 13.1 Å². The van der Waals surface area contributed by atoms with Gasteiger partial charge in [0.2, 0.25) is 5.91 Å². The maximum atomic E-state index is 12.3. The van der Waals surface area contributed by atoms with Crippen LogP contribution in [0, 0.1) is 5.41 Å². The van der Waals surface area contributed by atoms with E-state index in [1.165, 1.54) is 0 Å². The van der Waals surface area contributed by atoms with E-state index in [0.717, 1.165) is 5.56 Å². The highest BCUT2D eigenvalue weighted by atomic mass is 16.6. The van der Waals surface area contributed by atoms with Gasteiger partial charge in [0.25, 0.3) is 0 Å². The number of nitrogens with one attached hydrogen (secondary N) is 1. The van der Waals surface area contributed by atoms with Crippen LogP contribution in [0.5, 0.6) is 0 Å². The van der Waals surface area contributed by atoms with Crippen molar-refractivity contribution >= 4 is 12.0 Å². The summed E-state index contributed by atoms with van der Waals surface area (Å²) in [5, 5.41) is 3.03. The molecule has 1 N–H and O–H groups in total. The van der Waals surface area contributed by atoms with Crippen LogP contribution in [-0.2, 0) is 9.53 Å². The number of hydrogen-bond donors (Lipinski definition) is 1. The summed E-state index contributed by atoms with van der Waals surface area (Å²) in [6, 6.07) is 10.1. The Kier molecular flexibility index (Phi) is 3.82. The highest BCUT2D eigenvalue weighted by molar-refractivity contribution is 5.91. The second-order valence-electron chi connectivity index (χ2n) is 7.44. The molecule has 5 heteroatoms. The van der Waals surface area contributed by atoms with Crippen molar-refractivity contribution in [3.8, 4) is 0 Å². The number of amides is 2. The smallest absolute Gasteiger partial charge is 0.410 e. The summed E-state index contributed by atoms with van der Waals surface area (Å²) in [5.74, 6) is 0.107. The Morgan fingerprint density at radius 1 is 1.22 bits per heavy atom. The lowest BCUT2D eigenvalue weighted by atomic mass is 9.64. The molecule has 0 aromatic heterocycles. The second-order valence-corrected chi connectivity index (χ2v) is 7.44. The first-order chi connectivity index (χ1) is 10.8. The molecule has 0 bridgehead atoms. The highest BCUT2D eigenvalue weighted by Crippen LogP contribution is 2.49. The summed E-state index contributed by atoms with van der Waals surface area (Å²) < 4.78 is 5.42. The highest BCUT2D eigenvalue weighted by Gasteiger charge is 2.56. The Morgan fingerprint density at radius 2 is 1.83 bits per heavy atom. The zero-order valence-corrected chi connectivity index (χ0v) is 14.0. The van der Waals surface area contributed by atoms with Crippen LogP contribution >= 0.6 is 0 Å². The molecular weight excluding hydrogens is 292 g/mol. The fourth-order valence-electron chi connectivity index (χ4n) is 3.44. The van der Waals surface area contributed by atoms with Crippen molar-refractivity contribution in [3.63, 3.8) is 0 Å². The van der Waals surface area contributed by atoms with E-state index in [2.05, 4.69) is 5.32 Å². The predicted octanol–water partition coefficient (Wildman–Crippen LogP) is 2.87. The summed E-state index contributed by atoms with van der Waals surface area (Å²) in [6.45, 7) is 6.71. The molecule has 2 fully saturated rings. The van der Waals surface area contributed by atoms with Crippen molar-refractivity contribution in [1.29, 1.82) is 0 Å². The van der Waals surface area contributed by atoms with Gasteiger partial charge in [-0.15, -0.1) is 0 Å². The van der Waals surface area contributed by atoms with Gasteiger partial charge in [0.1, 0.15) is 5.60 Å². The van der Waals surface area contributed by atoms with Crippen LogP contribution in [0.2, 0.25) is 0 Å². The number of rotatable bonds is 1. The van der Waals surface area contributed by atoms with Gasteiger partial charge in [0.05, 0.1) is 11.5 Å². The number of β-lactam (4-membered cyclic amide) rings is 1. The zero-order valence-electron chi connectivity index (χ0n) is 14.0. The average molecular weight is 316 g/mol. The fourth-order valence-corrected chi connectivity index (χ4v) is 3.44. The third-order valence-electron chi connectivity index (χ3n) is 4.72. The topological polar surface area (TPSA) is 58.6 Å². The minimum Gasteiger partial charge on any atom is -0.444 e. The molecule has 1 spiro atoms. The third kappa shape index (κ3) is 2.92. The number of nitrogens with zero attached hydrogens (tertiary/aromatic N) is 1. The number of hydrogen-bond acceptors (Lipinski definition) is 3. The molecule has 1 aromatic carbocycles. The fraction of sp³-hybridized carbons (Fsp3) is 0.556. The zero-order chi connectivity index (χ0) is 16.7. The molecule has 0 saturated carbocycles. The van der Waals surface area contributed by atoms with E-state index in [0.29, 0.717) is 25.9 Å². The standard InChI is InChI=1S/C18H24N2O3/c1-17(2,3)23-16(22)20-11-9-18(10-12-20)14(19-15(18)21)13-7-5-4-6-8-13/h4-8,14H,9-12H2,1-3H3,(H,19,21). The van der Waals surface area contributed by atoms with Crippen molar-refractivity contribution in [2.24, 2.45) is 5.41 Å². The number of piperidine rings is 1. The number of carbonyl (C=O) groups excluding carboxylic acids is 2. The van der Waals surface area contributed by atoms with E-state index in [4.69, 9.17) is 4.74 Å². The molecule has 2 aliphatic heterocycles. The Morgan fingerprint density at radius 3 is 2.35 bits per heavy atom. The number of likely N-dealkylation sites (tertiary alicyclic amines) is 1. The normalized spacial score (nSPS) is 23.2. The predicted molar refractivity (Wildman–Crippen MR) is 86.8 cm³/mol. The third-order valence-corrected chi connectivity index (χ3v) is 4.72. The molecule has 2 heterocycles. The molecule has 1 unspecified atom stereocenters. The van der Waals surface area contributed by atoms with E-state index in [-0.39, 0.29) is 23.5 Å². The van der Waals surface area contributed by atoms with Crippen LogP contribution < -0.4 is 5.32 Å². The first-order valence-corrected chi connectivity index (χ1v) is 8.16. The van der Waals surface area contributed by atoms with Crippen LogP contribution in [-0.4, -0.2) is 35.6 Å². The second kappa shape index (κ2) is 5.55. The maximum Gasteiger partial charge on any atom is 0.410 e. The van der Waals surface area contributed by atoms with Crippen molar-refractivity contribution in [3.05, 3.63) is 35.9 Å². The lowest BCUT2D eigenvalue weighted by Gasteiger charge is -2.52. The van der Waals surface area contributed by atoms with Crippen molar-refractivity contribution in [2.45, 2.75) is 45.3 Å². The van der Waals surface area contributed by atoms with E-state index in [1.807, 2.05) is 51.1 Å². The monoisotopic (exact) mass is 316 g/mol. The minimum atomic E-state index is -0.493. The molecule has 5 nitrogen and oxygen atoms in total. The van der Waals surface area contributed by atoms with E-state index < -0.39 is 5.60 Å². The van der Waals surface area contributed by atoms with Gasteiger partial charge in [-0.05, 0) is 39.2 Å². The molecule has 3 rings (SSSR count). The SMILES string of the molecule is CC(C)(C)OC(=O)N1CCC2(CC1)C(=O)NC2c1ccccc1. The Balaban J connectivity index is 1.67. The van der Waals surface area contributed by atoms with E-state index >= 15 is 0 Å². The quantitative estimate of drug-likeness (QED) is 0.811. The number of benzene rings is 1. The molecule has 0 radical (unpaired) electrons. The molecule has 2 amide bonds. The van der Waals surface area contributed by atoms with E-state index in [9.17, 15) is 9.59 Å². The van der Waals surface area contributed by atoms with Crippen LogP contribution in [0.15, 0.2) is 30.3 Å². The van der Waals surface area contributed by atoms with Crippen LogP contribution in [0.25, 0.3) is 0 Å². The molecule has 0 aliphatic carbocycles. The van der Waals surface area contributed by atoms with Crippen LogP contribution in [0.3, 0.4) is 0 Å². The van der Waals surface area contributed by atoms with Gasteiger partial charge in [-0.25, -0.2) is 4.79 Å². The molecule has 2 aliphatic rings. The largest absolute Gasteiger partial charge is 0.444 e. The molecular formula is C18H24N2O3. The molecule has 1 aromatic rings. The Labute approximate surface area is 137 Å². The summed E-state index contributed by atoms with van der Waals surface area (Å²) in [5.41, 5.74) is 0.268. The molecule has 1 atom stereocenters. The van der Waals surface area contributed by atoms with Gasteiger partial charge in [0, 0.05) is 13.1 Å². The van der Waals surface area contributed by atoms with Crippen LogP contribution in [0.1, 0.15) is 45.2 Å². The lowest BCUT2D eigenvalue weighted by molar-refractivity contribution is -0.151. The van der Waals surface area contributed by atoms with Gasteiger partial charge in [-0.3, -0.25) is 4.79 Å². The average Bonchev–Trinajstić information content (AvgIpc) is 2.52. The number of ether oxygens (including phenoxy) is 1. The lowest BCUT2D eigenvalue weighted by Crippen LogP contribution is -2.65. The number of carbonyl (C=O) groups is 2. The van der Waals surface area contributed by atoms with Gasteiger partial charge in [-0.2, -0.15) is 0 Å². The van der Waals surface area contributed by atoms with Gasteiger partial charge >= 0.3 is 6.09 Å². The van der Waals surface area contributed by atoms with E-state index in [1.54, 1.807) is 4.90 Å². The summed E-state index contributed by atoms with van der Waals surface area (Å²) in [6.07, 6.45) is 1.07. The molecule has 23 heavy (non-hydrogen) atoms. The summed E-state index contributed by atoms with van der Waals surface area (Å²) in [7, 11) is 0. The Hall–Kier alpha value is -2.04. The van der Waals surface area contributed by atoms with Crippen molar-refractivity contribution < 1.29 is 14.3 Å². The van der Waals surface area contributed by atoms with Gasteiger partial charge in [0.15, 0.2) is 0 Å². The minimum absolute atomic E-state index is 0.0528. The molecule has 2 saturated heterocycles. The first kappa shape index (κ1) is 15.8. The Bertz CT molecular complexity index is 598. The summed E-state index contributed by atoms with van der Waals surface area (Å²) >= 11 is 0. The first-order valence-electron chi connectivity index (χ1n) is 8.16. The van der Waals surface area contributed by atoms with Crippen molar-refractivity contribution in [1.82, 2.24) is 10.2 Å². The van der Waals surface area contributed by atoms with Gasteiger partial charge < -0.3 is 15.0 Å². The summed E-state index contributed by atoms with van der Waals surface area (Å²) in [4.78, 5) is 26.1. The van der Waals surface area contributed by atoms with Crippen LogP contribution in [0.4, 0.5) is 4.79 Å². The molecule has 124 valence electrons. The van der Waals surface area contributed by atoms with Gasteiger partial charge in [-0.1, -0.05) is 30.3 Å².